The predicted octanol–water partition coefficient (Wildman–Crippen LogP) is -0.176. The van der Waals surface area contributed by atoms with Crippen LogP contribution in [0.5, 0.6) is 0 Å². The molecule has 0 aliphatic carbocycles. The molecule has 0 aromatic heterocycles. The number of carbonyl (C=O) groups is 1. The topological polar surface area (TPSA) is 138 Å². The molecule has 0 aliphatic heterocycles. The number of aliphatic hydroxyl groups excluding tert-OH is 6. The molecule has 146 valence electrons. The van der Waals surface area contributed by atoms with Gasteiger partial charge in [-0.2, -0.15) is 0 Å². The summed E-state index contributed by atoms with van der Waals surface area (Å²) in [6.07, 6.45) is 2.27. The maximum absolute atomic E-state index is 10.1. The first kappa shape index (κ1) is 23.9. The summed E-state index contributed by atoms with van der Waals surface area (Å²) < 4.78 is 0. The monoisotopic (exact) mass is 360 g/mol. The third-order valence-corrected chi connectivity index (χ3v) is 3.63. The molecule has 6 N–H and O–H groups in total. The van der Waals surface area contributed by atoms with Gasteiger partial charge in [0.15, 0.2) is 0 Å². The van der Waals surface area contributed by atoms with Gasteiger partial charge in [-0.3, -0.25) is 4.79 Å². The van der Waals surface area contributed by atoms with Gasteiger partial charge in [0, 0.05) is 0 Å². The smallest absolute Gasteiger partial charge is 0.142 e. The third kappa shape index (κ3) is 14.9. The zero-order valence-electron chi connectivity index (χ0n) is 14.7. The standard InChI is InChI=1S/C18H32O7/c1-13(20)8-15(22)10-17(24)12-18(25)11-16(23)9-14(21)6-4-2-3-5-7-19/h2-5,7,13-18,20-25H,6,8-12H2,1H3. The molecule has 7 heteroatoms. The van der Waals surface area contributed by atoms with Crippen molar-refractivity contribution in [1.82, 2.24) is 0 Å². The number of carbonyl (C=O) groups excluding carboxylic acids is 1. The lowest BCUT2D eigenvalue weighted by atomic mass is 9.97. The van der Waals surface area contributed by atoms with Gasteiger partial charge in [0.25, 0.3) is 0 Å². The van der Waals surface area contributed by atoms with Crippen LogP contribution in [0.3, 0.4) is 0 Å². The first-order valence-electron chi connectivity index (χ1n) is 8.59. The molecular weight excluding hydrogens is 328 g/mol. The molecule has 0 saturated carbocycles. The lowest BCUT2D eigenvalue weighted by molar-refractivity contribution is -0.104. The lowest BCUT2D eigenvalue weighted by Crippen LogP contribution is -2.28. The first-order valence-corrected chi connectivity index (χ1v) is 8.59. The summed E-state index contributed by atoms with van der Waals surface area (Å²) in [7, 11) is 0. The van der Waals surface area contributed by atoms with Crippen molar-refractivity contribution in [2.75, 3.05) is 0 Å². The summed E-state index contributed by atoms with van der Waals surface area (Å²) in [6.45, 7) is 1.54. The second kappa shape index (κ2) is 14.1. The zero-order chi connectivity index (χ0) is 19.2. The van der Waals surface area contributed by atoms with E-state index in [2.05, 4.69) is 0 Å². The van der Waals surface area contributed by atoms with Crippen LogP contribution < -0.4 is 0 Å². The molecule has 0 amide bonds. The summed E-state index contributed by atoms with van der Waals surface area (Å²) in [6, 6.07) is 0. The average Bonchev–Trinajstić information content (AvgIpc) is 2.44. The van der Waals surface area contributed by atoms with E-state index in [9.17, 15) is 30.3 Å². The molecule has 0 aliphatic rings. The van der Waals surface area contributed by atoms with Gasteiger partial charge >= 0.3 is 0 Å². The van der Waals surface area contributed by atoms with Crippen LogP contribution in [0.1, 0.15) is 45.4 Å². The Hall–Kier alpha value is -1.09. The molecule has 6 atom stereocenters. The lowest BCUT2D eigenvalue weighted by Gasteiger charge is -2.21. The first-order chi connectivity index (χ1) is 11.7. The molecule has 0 aromatic carbocycles. The molecule has 0 spiro atoms. The van der Waals surface area contributed by atoms with E-state index in [-0.39, 0.29) is 32.1 Å². The SMILES string of the molecule is CC(O)CC(O)CC(O)CC(O)CC(O)CC(O)CC=CC=CC=O. The van der Waals surface area contributed by atoms with Gasteiger partial charge in [-0.25, -0.2) is 0 Å². The van der Waals surface area contributed by atoms with Crippen molar-refractivity contribution < 1.29 is 35.4 Å². The van der Waals surface area contributed by atoms with Gasteiger partial charge in [0.05, 0.1) is 36.6 Å². The van der Waals surface area contributed by atoms with E-state index >= 15 is 0 Å². The predicted molar refractivity (Wildman–Crippen MR) is 93.8 cm³/mol. The summed E-state index contributed by atoms with van der Waals surface area (Å²) in [4.78, 5) is 10.1. The molecule has 7 nitrogen and oxygen atoms in total. The van der Waals surface area contributed by atoms with E-state index in [1.54, 1.807) is 19.1 Å². The minimum atomic E-state index is -0.956. The molecule has 0 rings (SSSR count). The molecular formula is C18H32O7. The van der Waals surface area contributed by atoms with E-state index < -0.39 is 36.6 Å². The fraction of sp³-hybridized carbons (Fsp3) is 0.722. The van der Waals surface area contributed by atoms with Gasteiger partial charge in [0.2, 0.25) is 0 Å². The van der Waals surface area contributed by atoms with Crippen molar-refractivity contribution in [3.05, 3.63) is 24.3 Å². The van der Waals surface area contributed by atoms with E-state index in [1.807, 2.05) is 0 Å². The average molecular weight is 360 g/mol. The Kier molecular flexibility index (Phi) is 13.5. The van der Waals surface area contributed by atoms with Gasteiger partial charge in [-0.05, 0) is 51.5 Å². The quantitative estimate of drug-likeness (QED) is 0.144. The highest BCUT2D eigenvalue weighted by atomic mass is 16.3. The van der Waals surface area contributed by atoms with Crippen LogP contribution in [0, 0.1) is 0 Å². The summed E-state index contributed by atoms with van der Waals surface area (Å²) in [5, 5.41) is 58.1. The second-order valence-electron chi connectivity index (χ2n) is 6.48. The van der Waals surface area contributed by atoms with Crippen LogP contribution in [0.2, 0.25) is 0 Å². The molecule has 0 saturated heterocycles. The molecule has 0 heterocycles. The molecule has 0 fully saturated rings. The Morgan fingerprint density at radius 2 is 1.08 bits per heavy atom. The largest absolute Gasteiger partial charge is 0.393 e. The summed E-state index contributed by atoms with van der Waals surface area (Å²) in [5.74, 6) is 0. The molecule has 25 heavy (non-hydrogen) atoms. The number of hydrogen-bond acceptors (Lipinski definition) is 7. The Morgan fingerprint density at radius 3 is 1.52 bits per heavy atom. The summed E-state index contributed by atoms with van der Waals surface area (Å²) in [5.41, 5.74) is 0. The van der Waals surface area contributed by atoms with Crippen LogP contribution in [-0.2, 0) is 4.79 Å². The van der Waals surface area contributed by atoms with Crippen molar-refractivity contribution in [3.63, 3.8) is 0 Å². The van der Waals surface area contributed by atoms with E-state index in [4.69, 9.17) is 5.11 Å². The van der Waals surface area contributed by atoms with Gasteiger partial charge in [0.1, 0.15) is 6.29 Å². The molecule has 0 bridgehead atoms. The second-order valence-corrected chi connectivity index (χ2v) is 6.48. The molecule has 0 radical (unpaired) electrons. The van der Waals surface area contributed by atoms with Crippen molar-refractivity contribution in [2.24, 2.45) is 0 Å². The van der Waals surface area contributed by atoms with Gasteiger partial charge in [-0.15, -0.1) is 0 Å². The maximum Gasteiger partial charge on any atom is 0.142 e. The fourth-order valence-electron chi connectivity index (χ4n) is 2.55. The Balaban J connectivity index is 4.03. The van der Waals surface area contributed by atoms with E-state index in [0.29, 0.717) is 12.7 Å². The maximum atomic E-state index is 10.1. The van der Waals surface area contributed by atoms with Crippen LogP contribution in [0.4, 0.5) is 0 Å². The summed E-state index contributed by atoms with van der Waals surface area (Å²) >= 11 is 0. The third-order valence-electron chi connectivity index (χ3n) is 3.63. The highest BCUT2D eigenvalue weighted by Gasteiger charge is 2.20. The van der Waals surface area contributed by atoms with Crippen molar-refractivity contribution >= 4 is 6.29 Å². The number of allylic oxidation sites excluding steroid dienone is 3. The highest BCUT2D eigenvalue weighted by Crippen LogP contribution is 2.15. The van der Waals surface area contributed by atoms with Crippen LogP contribution in [-0.4, -0.2) is 73.5 Å². The Labute approximate surface area is 148 Å². The molecule has 0 aromatic rings. The van der Waals surface area contributed by atoms with Crippen LogP contribution in [0.25, 0.3) is 0 Å². The van der Waals surface area contributed by atoms with Gasteiger partial charge < -0.3 is 30.6 Å². The molecule has 6 unspecified atom stereocenters. The Morgan fingerprint density at radius 1 is 0.640 bits per heavy atom. The minimum Gasteiger partial charge on any atom is -0.393 e. The minimum absolute atomic E-state index is 0.000414. The number of aliphatic hydroxyl groups is 6. The Bertz CT molecular complexity index is 395. The van der Waals surface area contributed by atoms with Crippen molar-refractivity contribution in [1.29, 1.82) is 0 Å². The van der Waals surface area contributed by atoms with Crippen LogP contribution >= 0.6 is 0 Å². The zero-order valence-corrected chi connectivity index (χ0v) is 14.7. The van der Waals surface area contributed by atoms with Crippen molar-refractivity contribution in [3.8, 4) is 0 Å². The fourth-order valence-corrected chi connectivity index (χ4v) is 2.55. The normalized spacial score (nSPS) is 19.6. The van der Waals surface area contributed by atoms with Gasteiger partial charge in [-0.1, -0.05) is 18.2 Å². The van der Waals surface area contributed by atoms with Crippen molar-refractivity contribution in [2.45, 2.75) is 82.1 Å². The number of hydrogen-bond donors (Lipinski definition) is 6. The van der Waals surface area contributed by atoms with E-state index in [0.717, 1.165) is 0 Å². The van der Waals surface area contributed by atoms with E-state index in [1.165, 1.54) is 12.2 Å². The highest BCUT2D eigenvalue weighted by molar-refractivity contribution is 5.65. The number of rotatable bonds is 14. The number of aldehydes is 1. The van der Waals surface area contributed by atoms with Crippen LogP contribution in [0.15, 0.2) is 24.3 Å².